The molecule has 0 bridgehead atoms. The van der Waals surface area contributed by atoms with E-state index in [1.807, 2.05) is 32.0 Å². The van der Waals surface area contributed by atoms with Gasteiger partial charge in [0.05, 0.1) is 26.2 Å². The predicted molar refractivity (Wildman–Crippen MR) is 94.4 cm³/mol. The Morgan fingerprint density at radius 3 is 2.38 bits per heavy atom. The number of piperazine rings is 1. The Morgan fingerprint density at radius 1 is 1.12 bits per heavy atom. The van der Waals surface area contributed by atoms with Crippen LogP contribution in [-0.4, -0.2) is 48.6 Å². The van der Waals surface area contributed by atoms with Gasteiger partial charge in [-0.3, -0.25) is 4.79 Å². The van der Waals surface area contributed by atoms with E-state index in [1.165, 1.54) is 4.90 Å². The van der Waals surface area contributed by atoms with Crippen LogP contribution in [0.4, 0.5) is 11.6 Å². The molecule has 0 radical (unpaired) electrons. The number of aromatic nitrogens is 2. The highest BCUT2D eigenvalue weighted by molar-refractivity contribution is 5.91. The minimum Gasteiger partial charge on any atom is -0.330 e. The van der Waals surface area contributed by atoms with Crippen molar-refractivity contribution in [3.63, 3.8) is 0 Å². The van der Waals surface area contributed by atoms with Crippen LogP contribution < -0.4 is 15.1 Å². The molecule has 1 aromatic carbocycles. The van der Waals surface area contributed by atoms with E-state index in [-0.39, 0.29) is 5.91 Å². The quantitative estimate of drug-likeness (QED) is 0.856. The summed E-state index contributed by atoms with van der Waals surface area (Å²) in [7, 11) is 0. The summed E-state index contributed by atoms with van der Waals surface area (Å²) >= 11 is 0. The first-order valence-corrected chi connectivity index (χ1v) is 8.34. The highest BCUT2D eigenvalue weighted by atomic mass is 16.2. The molecule has 2 heterocycles. The summed E-state index contributed by atoms with van der Waals surface area (Å²) in [6.07, 6.45) is 3.53. The molecular weight excluding hydrogens is 302 g/mol. The number of amides is 1. The molecule has 0 atom stereocenters. The zero-order chi connectivity index (χ0) is 16.9. The number of nitrogens with zero attached hydrogens (tertiary/aromatic N) is 3. The molecule has 0 unspecified atom stereocenters. The largest absolute Gasteiger partial charge is 0.330 e. The first kappa shape index (κ1) is 16.4. The van der Waals surface area contributed by atoms with E-state index in [1.54, 1.807) is 12.4 Å². The molecule has 6 heteroatoms. The molecule has 1 aliphatic rings. The fourth-order valence-electron chi connectivity index (χ4n) is 3.13. The van der Waals surface area contributed by atoms with Gasteiger partial charge in [0.25, 0.3) is 5.91 Å². The molecule has 3 rings (SSSR count). The fraction of sp³-hybridized carbons (Fsp3) is 0.389. The number of anilines is 2. The van der Waals surface area contributed by atoms with Crippen molar-refractivity contribution in [2.75, 3.05) is 42.9 Å². The van der Waals surface area contributed by atoms with E-state index in [4.69, 9.17) is 0 Å². The third kappa shape index (κ3) is 4.29. The lowest BCUT2D eigenvalue weighted by atomic mass is 10.1. The van der Waals surface area contributed by atoms with Crippen LogP contribution in [0.3, 0.4) is 0 Å². The molecule has 1 aliphatic heterocycles. The van der Waals surface area contributed by atoms with Crippen molar-refractivity contribution >= 4 is 17.5 Å². The van der Waals surface area contributed by atoms with E-state index in [0.717, 1.165) is 48.9 Å². The number of hydrogen-bond donors (Lipinski definition) is 2. The van der Waals surface area contributed by atoms with E-state index in [2.05, 4.69) is 26.3 Å². The van der Waals surface area contributed by atoms with Gasteiger partial charge in [-0.25, -0.2) is 9.97 Å². The van der Waals surface area contributed by atoms with Gasteiger partial charge in [0.15, 0.2) is 6.54 Å². The molecule has 0 aliphatic carbocycles. The Morgan fingerprint density at radius 2 is 1.75 bits per heavy atom. The second-order valence-corrected chi connectivity index (χ2v) is 6.39. The maximum absolute atomic E-state index is 12.3. The van der Waals surface area contributed by atoms with Gasteiger partial charge in [0.1, 0.15) is 0 Å². The Hall–Kier alpha value is -2.47. The SMILES string of the molecule is Cc1cc(C)cc(NC(=O)C[NH+]2CCN(c3ncccn3)CC2)c1. The second kappa shape index (κ2) is 7.40. The summed E-state index contributed by atoms with van der Waals surface area (Å²) < 4.78 is 0. The Bertz CT molecular complexity index is 676. The van der Waals surface area contributed by atoms with Gasteiger partial charge in [-0.1, -0.05) is 6.07 Å². The molecular formula is C18H24N5O+. The van der Waals surface area contributed by atoms with E-state index >= 15 is 0 Å². The van der Waals surface area contributed by atoms with Crippen LogP contribution in [0, 0.1) is 13.8 Å². The van der Waals surface area contributed by atoms with Crippen molar-refractivity contribution in [2.45, 2.75) is 13.8 Å². The second-order valence-electron chi connectivity index (χ2n) is 6.39. The highest BCUT2D eigenvalue weighted by Gasteiger charge is 2.23. The standard InChI is InChI=1S/C18H23N5O/c1-14-10-15(2)12-16(11-14)21-17(24)13-22-6-8-23(9-7-22)18-19-4-3-5-20-18/h3-5,10-12H,6-9,13H2,1-2H3,(H,21,24)/p+1. The third-order valence-electron chi connectivity index (χ3n) is 4.22. The molecule has 0 saturated carbocycles. The van der Waals surface area contributed by atoms with Gasteiger partial charge in [0.2, 0.25) is 5.95 Å². The molecule has 2 aromatic rings. The van der Waals surface area contributed by atoms with Crippen LogP contribution in [0.15, 0.2) is 36.7 Å². The Balaban J connectivity index is 1.50. The smallest absolute Gasteiger partial charge is 0.279 e. The summed E-state index contributed by atoms with van der Waals surface area (Å²) in [5, 5.41) is 3.02. The maximum Gasteiger partial charge on any atom is 0.279 e. The van der Waals surface area contributed by atoms with E-state index < -0.39 is 0 Å². The van der Waals surface area contributed by atoms with Crippen molar-refractivity contribution in [3.8, 4) is 0 Å². The minimum absolute atomic E-state index is 0.0689. The minimum atomic E-state index is 0.0689. The number of benzene rings is 1. The van der Waals surface area contributed by atoms with Crippen molar-refractivity contribution < 1.29 is 9.69 Å². The van der Waals surface area contributed by atoms with Crippen LogP contribution in [0.25, 0.3) is 0 Å². The van der Waals surface area contributed by atoms with Crippen molar-refractivity contribution in [1.82, 2.24) is 9.97 Å². The third-order valence-corrected chi connectivity index (χ3v) is 4.22. The summed E-state index contributed by atoms with van der Waals surface area (Å²) in [6, 6.07) is 7.93. The molecule has 126 valence electrons. The first-order chi connectivity index (χ1) is 11.6. The monoisotopic (exact) mass is 326 g/mol. The van der Waals surface area contributed by atoms with Crippen molar-refractivity contribution in [3.05, 3.63) is 47.8 Å². The summed E-state index contributed by atoms with van der Waals surface area (Å²) in [5.41, 5.74) is 3.21. The van der Waals surface area contributed by atoms with E-state index in [0.29, 0.717) is 6.54 Å². The van der Waals surface area contributed by atoms with Gasteiger partial charge in [-0.2, -0.15) is 0 Å². The number of nitrogens with one attached hydrogen (secondary N) is 2. The van der Waals surface area contributed by atoms with Gasteiger partial charge >= 0.3 is 0 Å². The zero-order valence-electron chi connectivity index (χ0n) is 14.2. The van der Waals surface area contributed by atoms with Crippen LogP contribution in [0.2, 0.25) is 0 Å². The molecule has 24 heavy (non-hydrogen) atoms. The van der Waals surface area contributed by atoms with Gasteiger partial charge in [0, 0.05) is 18.1 Å². The maximum atomic E-state index is 12.3. The molecule has 6 nitrogen and oxygen atoms in total. The summed E-state index contributed by atoms with van der Waals surface area (Å²) in [5.74, 6) is 0.843. The average Bonchev–Trinajstić information content (AvgIpc) is 2.55. The van der Waals surface area contributed by atoms with Crippen LogP contribution in [0.1, 0.15) is 11.1 Å². The molecule has 1 amide bonds. The van der Waals surface area contributed by atoms with Gasteiger partial charge in [-0.15, -0.1) is 0 Å². The van der Waals surface area contributed by atoms with Gasteiger partial charge in [-0.05, 0) is 43.2 Å². The first-order valence-electron chi connectivity index (χ1n) is 8.34. The van der Waals surface area contributed by atoms with E-state index in [9.17, 15) is 4.79 Å². The molecule has 1 saturated heterocycles. The number of quaternary nitrogens is 1. The molecule has 2 N–H and O–H groups in total. The summed E-state index contributed by atoms with van der Waals surface area (Å²) in [6.45, 7) is 8.15. The molecule has 1 aromatic heterocycles. The number of carbonyl (C=O) groups is 1. The number of carbonyl (C=O) groups excluding carboxylic acids is 1. The average molecular weight is 326 g/mol. The zero-order valence-corrected chi connectivity index (χ0v) is 14.2. The van der Waals surface area contributed by atoms with Crippen LogP contribution in [-0.2, 0) is 4.79 Å². The Kier molecular flexibility index (Phi) is 5.05. The normalized spacial score (nSPS) is 15.3. The topological polar surface area (TPSA) is 62.6 Å². The number of rotatable bonds is 4. The number of aryl methyl sites for hydroxylation is 2. The molecule has 0 spiro atoms. The fourth-order valence-corrected chi connectivity index (χ4v) is 3.13. The predicted octanol–water partition coefficient (Wildman–Crippen LogP) is 0.437. The van der Waals surface area contributed by atoms with Crippen molar-refractivity contribution in [1.29, 1.82) is 0 Å². The molecule has 1 fully saturated rings. The lowest BCUT2D eigenvalue weighted by molar-refractivity contribution is -0.892. The summed E-state index contributed by atoms with van der Waals surface area (Å²) in [4.78, 5) is 24.3. The van der Waals surface area contributed by atoms with Gasteiger partial charge < -0.3 is 15.1 Å². The lowest BCUT2D eigenvalue weighted by Gasteiger charge is -2.31. The van der Waals surface area contributed by atoms with Crippen molar-refractivity contribution in [2.24, 2.45) is 0 Å². The Labute approximate surface area is 142 Å². The number of hydrogen-bond acceptors (Lipinski definition) is 4. The highest BCUT2D eigenvalue weighted by Crippen LogP contribution is 2.13. The van der Waals surface area contributed by atoms with Crippen LogP contribution in [0.5, 0.6) is 0 Å². The lowest BCUT2D eigenvalue weighted by Crippen LogP contribution is -3.15. The van der Waals surface area contributed by atoms with Crippen LogP contribution >= 0.6 is 0 Å².